The summed E-state index contributed by atoms with van der Waals surface area (Å²) in [5.41, 5.74) is 4.71. The van der Waals surface area contributed by atoms with E-state index in [-0.39, 0.29) is 15.6 Å². The minimum atomic E-state index is -0.391. The van der Waals surface area contributed by atoms with E-state index in [0.29, 0.717) is 11.6 Å². The van der Waals surface area contributed by atoms with Crippen molar-refractivity contribution in [3.63, 3.8) is 0 Å². The van der Waals surface area contributed by atoms with Gasteiger partial charge in [-0.2, -0.15) is 9.42 Å². The van der Waals surface area contributed by atoms with Crippen LogP contribution in [0.15, 0.2) is 24.4 Å². The fraction of sp³-hybridized carbons (Fsp3) is 0.438. The summed E-state index contributed by atoms with van der Waals surface area (Å²) in [4.78, 5) is 13.0. The van der Waals surface area contributed by atoms with Crippen LogP contribution in [0.25, 0.3) is 0 Å². The average Bonchev–Trinajstić information content (AvgIpc) is 3.32. The number of allylic oxidation sites excluding steroid dienone is 1. The molecule has 1 aromatic carbocycles. The van der Waals surface area contributed by atoms with Gasteiger partial charge in [-0.3, -0.25) is 9.69 Å². The van der Waals surface area contributed by atoms with Gasteiger partial charge in [0, 0.05) is 39.1 Å². The number of anilines is 1. The summed E-state index contributed by atoms with van der Waals surface area (Å²) < 4.78 is 15.1. The van der Waals surface area contributed by atoms with E-state index >= 15 is 0 Å². The predicted molar refractivity (Wildman–Crippen MR) is 92.0 cm³/mol. The van der Waals surface area contributed by atoms with Crippen molar-refractivity contribution in [2.45, 2.75) is 39.7 Å². The van der Waals surface area contributed by atoms with Gasteiger partial charge in [0.15, 0.2) is 11.5 Å². The number of rotatable bonds is 5. The van der Waals surface area contributed by atoms with Crippen LogP contribution in [0.4, 0.5) is 15.8 Å². The highest BCUT2D eigenvalue weighted by Crippen LogP contribution is 2.42. The molecule has 2 rings (SSSR count). The Morgan fingerprint density at radius 3 is 2.59 bits per heavy atom. The molecule has 0 heterocycles. The summed E-state index contributed by atoms with van der Waals surface area (Å²) in [5, 5.41) is 0. The number of quaternary nitrogens is 1. The van der Waals surface area contributed by atoms with Gasteiger partial charge in [0.05, 0.1) is 24.1 Å². The van der Waals surface area contributed by atoms with Crippen molar-refractivity contribution in [3.8, 4) is 0 Å². The van der Waals surface area contributed by atoms with Gasteiger partial charge in [0.1, 0.15) is 6.04 Å². The summed E-state index contributed by atoms with van der Waals surface area (Å²) in [6.45, 7) is 4.93. The third kappa shape index (κ3) is 2.91. The Morgan fingerprint density at radius 2 is 2.14 bits per heavy atom. The molecule has 1 amide bonds. The van der Waals surface area contributed by atoms with Crippen molar-refractivity contribution < 1.29 is 9.18 Å². The van der Waals surface area contributed by atoms with Crippen molar-refractivity contribution >= 4 is 30.1 Å². The molecule has 0 spiro atoms. The van der Waals surface area contributed by atoms with E-state index < -0.39 is 5.82 Å². The topological polar surface area (TPSA) is 32.3 Å². The quantitative estimate of drug-likeness (QED) is 0.494. The lowest BCUT2D eigenvalue weighted by atomic mass is 10.1. The first-order valence-electron chi connectivity index (χ1n) is 7.39. The first kappa shape index (κ1) is 17.0. The molecule has 1 aromatic rings. The summed E-state index contributed by atoms with van der Waals surface area (Å²) in [5.74, 6) is -0.621. The van der Waals surface area contributed by atoms with Crippen molar-refractivity contribution in [1.82, 2.24) is 9.42 Å². The van der Waals surface area contributed by atoms with Crippen molar-refractivity contribution in [2.75, 3.05) is 11.9 Å². The third-order valence-electron chi connectivity index (χ3n) is 4.02. The second-order valence-corrected chi connectivity index (χ2v) is 6.19. The van der Waals surface area contributed by atoms with Crippen LogP contribution >= 0.6 is 12.8 Å². The summed E-state index contributed by atoms with van der Waals surface area (Å²) >= 11 is 4.72. The molecular formula is C16H23FN3OS+. The molecule has 1 saturated carbocycles. The highest BCUT2D eigenvalue weighted by Gasteiger charge is 2.46. The average molecular weight is 324 g/mol. The zero-order valence-electron chi connectivity index (χ0n) is 13.4. The van der Waals surface area contributed by atoms with Gasteiger partial charge in [0.25, 0.3) is 0 Å². The molecule has 6 heteroatoms. The van der Waals surface area contributed by atoms with E-state index in [0.717, 1.165) is 18.5 Å². The van der Waals surface area contributed by atoms with Crippen LogP contribution in [0.2, 0.25) is 0 Å². The van der Waals surface area contributed by atoms with Gasteiger partial charge in [-0.05, 0) is 19.9 Å². The van der Waals surface area contributed by atoms with E-state index in [9.17, 15) is 9.18 Å². The summed E-state index contributed by atoms with van der Waals surface area (Å²) in [7, 11) is 1.82. The Kier molecular flexibility index (Phi) is 4.94. The second-order valence-electron chi connectivity index (χ2n) is 5.55. The van der Waals surface area contributed by atoms with E-state index in [1.807, 2.05) is 13.1 Å². The Labute approximate surface area is 136 Å². The lowest BCUT2D eigenvalue weighted by Gasteiger charge is -2.31. The molecule has 22 heavy (non-hydrogen) atoms. The molecule has 1 unspecified atom stereocenters. The molecule has 1 aliphatic carbocycles. The molecule has 0 bridgehead atoms. The molecule has 1 atom stereocenters. The molecule has 120 valence electrons. The Bertz CT molecular complexity index is 616. The smallest absolute Gasteiger partial charge is 0.228 e. The lowest BCUT2D eigenvalue weighted by molar-refractivity contribution is -0.116. The van der Waals surface area contributed by atoms with Crippen LogP contribution in [0, 0.1) is 12.7 Å². The maximum Gasteiger partial charge on any atom is 0.228 e. The Balaban J connectivity index is 2.51. The van der Waals surface area contributed by atoms with E-state index in [1.165, 1.54) is 11.8 Å². The zero-order chi connectivity index (χ0) is 16.5. The number of carbonyl (C=O) groups excluding carboxylic acids is 1. The Hall–Kier alpha value is -1.37. The highest BCUT2D eigenvalue weighted by molar-refractivity contribution is 7.79. The molecule has 0 radical (unpaired) electrons. The number of halogens is 1. The molecular weight excluding hydrogens is 301 g/mol. The minimum absolute atomic E-state index is 0.215. The second kappa shape index (κ2) is 6.40. The SMILES string of the molecule is C/C=C\N(C(C)=O)c1ccc([N+](S)(NC)C2CC2)c(C)c1F. The molecule has 1 N–H and O–H groups in total. The van der Waals surface area contributed by atoms with Crippen LogP contribution in [0.1, 0.15) is 32.3 Å². The number of hydrogen-bond donors (Lipinski definition) is 2. The molecule has 0 aromatic heterocycles. The van der Waals surface area contributed by atoms with Gasteiger partial charge in [-0.15, -0.1) is 0 Å². The first-order chi connectivity index (χ1) is 10.4. The fourth-order valence-electron chi connectivity index (χ4n) is 2.67. The van der Waals surface area contributed by atoms with Crippen LogP contribution < -0.4 is 14.3 Å². The predicted octanol–water partition coefficient (Wildman–Crippen LogP) is 3.47. The summed E-state index contributed by atoms with van der Waals surface area (Å²) in [6.07, 6.45) is 5.40. The number of nitrogens with one attached hydrogen (secondary N) is 1. The highest BCUT2D eigenvalue weighted by atomic mass is 32.1. The van der Waals surface area contributed by atoms with Crippen LogP contribution in [-0.2, 0) is 4.79 Å². The third-order valence-corrected chi connectivity index (χ3v) is 4.76. The van der Waals surface area contributed by atoms with Crippen LogP contribution in [-0.4, -0.2) is 19.0 Å². The number of nitrogens with zero attached hydrogens (tertiary/aromatic N) is 2. The first-order valence-corrected chi connectivity index (χ1v) is 7.79. The van der Waals surface area contributed by atoms with E-state index in [4.69, 9.17) is 12.8 Å². The van der Waals surface area contributed by atoms with Crippen LogP contribution in [0.3, 0.4) is 0 Å². The van der Waals surface area contributed by atoms with Gasteiger partial charge in [-0.1, -0.05) is 6.08 Å². The van der Waals surface area contributed by atoms with Gasteiger partial charge < -0.3 is 0 Å². The number of hydrogen-bond acceptors (Lipinski definition) is 3. The van der Waals surface area contributed by atoms with E-state index in [1.54, 1.807) is 32.2 Å². The molecule has 1 aliphatic rings. The van der Waals surface area contributed by atoms with Gasteiger partial charge in [0.2, 0.25) is 5.91 Å². The maximum absolute atomic E-state index is 14.8. The number of carbonyl (C=O) groups is 1. The number of benzene rings is 1. The largest absolute Gasteiger partial charge is 0.285 e. The van der Waals surface area contributed by atoms with Crippen molar-refractivity contribution in [1.29, 1.82) is 0 Å². The molecule has 0 aliphatic heterocycles. The normalized spacial score (nSPS) is 17.5. The van der Waals surface area contributed by atoms with Gasteiger partial charge in [-0.25, -0.2) is 4.39 Å². The number of amides is 1. The van der Waals surface area contributed by atoms with Crippen molar-refractivity contribution in [2.24, 2.45) is 0 Å². The fourth-order valence-corrected chi connectivity index (χ4v) is 3.12. The standard InChI is InChI=1S/C16H23FN3OS/c1-5-10-19(12(3)21)14-8-9-15(11(2)16(14)17)20(22,18-4)13-6-7-13/h5,8-10,13,18,22H,6-7H2,1-4H3/q+1/b10-5-. The van der Waals surface area contributed by atoms with E-state index in [2.05, 4.69) is 5.43 Å². The maximum atomic E-state index is 14.8. The summed E-state index contributed by atoms with van der Waals surface area (Å²) in [6, 6.07) is 3.83. The number of thiol groups is 1. The molecule has 4 nitrogen and oxygen atoms in total. The monoisotopic (exact) mass is 324 g/mol. The zero-order valence-corrected chi connectivity index (χ0v) is 14.3. The Morgan fingerprint density at radius 1 is 1.50 bits per heavy atom. The molecule has 1 fully saturated rings. The molecule has 0 saturated heterocycles. The van der Waals surface area contributed by atoms with Crippen LogP contribution in [0.5, 0.6) is 0 Å². The van der Waals surface area contributed by atoms with Gasteiger partial charge >= 0.3 is 0 Å². The lowest BCUT2D eigenvalue weighted by Crippen LogP contribution is -2.52. The minimum Gasteiger partial charge on any atom is -0.285 e. The van der Waals surface area contributed by atoms with Crippen molar-refractivity contribution in [3.05, 3.63) is 35.8 Å².